The van der Waals surface area contributed by atoms with Crippen LogP contribution in [-0.2, 0) is 38.0 Å². The maximum Gasteiger partial charge on any atom is 0.146 e. The van der Waals surface area contributed by atoms with Crippen molar-refractivity contribution < 1.29 is 38.0 Å². The van der Waals surface area contributed by atoms with Gasteiger partial charge in [0.15, 0.2) is 0 Å². The second-order valence-electron chi connectivity index (χ2n) is 19.8. The van der Waals surface area contributed by atoms with Crippen LogP contribution in [-0.4, -0.2) is 78.0 Å². The molecule has 6 rings (SSSR count). The van der Waals surface area contributed by atoms with Crippen LogP contribution in [0.5, 0.6) is 0 Å². The van der Waals surface area contributed by atoms with E-state index in [0.29, 0.717) is 48.5 Å². The van der Waals surface area contributed by atoms with Gasteiger partial charge in [-0.25, -0.2) is 0 Å². The molecule has 0 aliphatic heterocycles. The van der Waals surface area contributed by atoms with Crippen molar-refractivity contribution >= 4 is 11.6 Å². The van der Waals surface area contributed by atoms with Crippen molar-refractivity contribution in [3.63, 3.8) is 0 Å². The summed E-state index contributed by atoms with van der Waals surface area (Å²) in [7, 11) is 7.02. The molecule has 0 N–H and O–H groups in total. The minimum absolute atomic E-state index is 0.00370. The molecule has 0 spiro atoms. The number of methoxy groups -OCH3 is 4. The summed E-state index contributed by atoms with van der Waals surface area (Å²) >= 11 is 0. The Balaban J connectivity index is 0.000000210. The Morgan fingerprint density at radius 3 is 1.61 bits per heavy atom. The number of carbonyl (C=O) groups excluding carboxylic acids is 2. The Morgan fingerprint density at radius 1 is 0.704 bits per heavy atom. The van der Waals surface area contributed by atoms with Gasteiger partial charge in [-0.05, 0) is 105 Å². The molecule has 6 fully saturated rings. The molecule has 6 saturated carbocycles. The second kappa shape index (κ2) is 16.6. The highest BCUT2D eigenvalue weighted by Crippen LogP contribution is 2.70. The fourth-order valence-electron chi connectivity index (χ4n) is 14.3. The van der Waals surface area contributed by atoms with E-state index in [1.54, 1.807) is 14.2 Å². The van der Waals surface area contributed by atoms with Crippen LogP contribution in [0.25, 0.3) is 0 Å². The van der Waals surface area contributed by atoms with Gasteiger partial charge in [0.2, 0.25) is 0 Å². The van der Waals surface area contributed by atoms with E-state index in [2.05, 4.69) is 68.9 Å². The molecule has 4 bridgehead atoms. The molecule has 0 aromatic rings. The van der Waals surface area contributed by atoms with Crippen molar-refractivity contribution in [3.8, 4) is 0 Å². The van der Waals surface area contributed by atoms with E-state index in [1.807, 2.05) is 20.3 Å². The highest BCUT2D eigenvalue weighted by Gasteiger charge is 2.69. The van der Waals surface area contributed by atoms with Gasteiger partial charge < -0.3 is 28.4 Å². The zero-order valence-corrected chi connectivity index (χ0v) is 36.5. The summed E-state index contributed by atoms with van der Waals surface area (Å²) in [6, 6.07) is 0. The lowest BCUT2D eigenvalue weighted by molar-refractivity contribution is -0.221. The number of hydrogen-bond acceptors (Lipinski definition) is 8. The zero-order chi connectivity index (χ0) is 40.0. The van der Waals surface area contributed by atoms with E-state index in [4.69, 9.17) is 28.4 Å². The van der Waals surface area contributed by atoms with Crippen LogP contribution in [0, 0.1) is 74.4 Å². The number of ether oxygens (including phenoxy) is 6. The van der Waals surface area contributed by atoms with E-state index in [1.165, 1.54) is 6.42 Å². The van der Waals surface area contributed by atoms with E-state index in [-0.39, 0.29) is 76.5 Å². The van der Waals surface area contributed by atoms with Crippen LogP contribution in [0.3, 0.4) is 0 Å². The second-order valence-corrected chi connectivity index (χ2v) is 19.8. The first-order valence-electron chi connectivity index (χ1n) is 21.4. The number of hydrogen-bond donors (Lipinski definition) is 0. The Morgan fingerprint density at radius 2 is 1.15 bits per heavy atom. The molecule has 310 valence electrons. The lowest BCUT2D eigenvalue weighted by atomic mass is 9.43. The summed E-state index contributed by atoms with van der Waals surface area (Å²) in [6.45, 7) is 24.9. The van der Waals surface area contributed by atoms with Gasteiger partial charge in [0, 0.05) is 62.4 Å². The Kier molecular flexibility index (Phi) is 13.5. The Labute approximate surface area is 328 Å². The van der Waals surface area contributed by atoms with Crippen molar-refractivity contribution in [1.29, 1.82) is 0 Å². The molecule has 6 aliphatic carbocycles. The molecule has 5 unspecified atom stereocenters. The molecule has 0 amide bonds. The van der Waals surface area contributed by atoms with Crippen LogP contribution in [0.4, 0.5) is 0 Å². The molecule has 0 heterocycles. The molecule has 17 atom stereocenters. The van der Waals surface area contributed by atoms with Crippen molar-refractivity contribution in [2.75, 3.05) is 42.0 Å². The van der Waals surface area contributed by atoms with Crippen LogP contribution >= 0.6 is 0 Å². The molecular weight excluding hydrogens is 680 g/mol. The largest absolute Gasteiger partial charge is 0.381 e. The van der Waals surface area contributed by atoms with Gasteiger partial charge in [-0.2, -0.15) is 0 Å². The lowest BCUT2D eigenvalue weighted by Gasteiger charge is -2.62. The maximum atomic E-state index is 14.1. The van der Waals surface area contributed by atoms with Gasteiger partial charge >= 0.3 is 0 Å². The predicted octanol–water partition coefficient (Wildman–Crippen LogP) is 9.33. The minimum atomic E-state index is -0.485. The molecule has 0 aromatic carbocycles. The number of allylic oxidation sites excluding steroid dienone is 1. The van der Waals surface area contributed by atoms with Crippen LogP contribution < -0.4 is 0 Å². The van der Waals surface area contributed by atoms with Gasteiger partial charge in [-0.15, -0.1) is 6.58 Å². The van der Waals surface area contributed by atoms with E-state index >= 15 is 0 Å². The van der Waals surface area contributed by atoms with Crippen molar-refractivity contribution in [2.24, 2.45) is 74.4 Å². The normalized spacial score (nSPS) is 49.3. The maximum absolute atomic E-state index is 14.1. The third-order valence-corrected chi connectivity index (χ3v) is 18.2. The lowest BCUT2D eigenvalue weighted by Crippen LogP contribution is -2.63. The first kappa shape index (κ1) is 44.0. The van der Waals surface area contributed by atoms with Crippen LogP contribution in [0.2, 0.25) is 0 Å². The molecule has 0 saturated heterocycles. The molecule has 0 radical (unpaired) electrons. The average Bonchev–Trinajstić information content (AvgIpc) is 3.77. The monoisotopic (exact) mass is 759 g/mol. The summed E-state index contributed by atoms with van der Waals surface area (Å²) in [6.07, 6.45) is 12.7. The zero-order valence-electron chi connectivity index (χ0n) is 36.5. The first-order chi connectivity index (χ1) is 25.5. The predicted molar refractivity (Wildman–Crippen MR) is 213 cm³/mol. The molecule has 8 nitrogen and oxygen atoms in total. The topological polar surface area (TPSA) is 89.5 Å². The fraction of sp³-hybridized carbons (Fsp3) is 0.913. The number of carbonyl (C=O) groups is 2. The van der Waals surface area contributed by atoms with Crippen LogP contribution in [0.15, 0.2) is 12.7 Å². The van der Waals surface area contributed by atoms with Gasteiger partial charge in [0.25, 0.3) is 0 Å². The minimum Gasteiger partial charge on any atom is -0.381 e. The van der Waals surface area contributed by atoms with Gasteiger partial charge in [0.1, 0.15) is 25.2 Å². The number of rotatable bonds is 10. The van der Waals surface area contributed by atoms with Crippen molar-refractivity contribution in [1.82, 2.24) is 0 Å². The van der Waals surface area contributed by atoms with Crippen molar-refractivity contribution in [3.05, 3.63) is 12.7 Å². The van der Waals surface area contributed by atoms with E-state index in [9.17, 15) is 9.59 Å². The highest BCUT2D eigenvalue weighted by atomic mass is 16.7. The summed E-state index contributed by atoms with van der Waals surface area (Å²) in [5.41, 5.74) is -0.470. The Hall–Kier alpha value is -1.16. The SMILES string of the molecule is C=CC(C)[C@]1(C)C[C@@H](OCOC)[C@@]2(C)C3[C@H](OC)CCC3(CC[C@H]2C)[C@@H](C)C1=O.COCO[C@@H]1C[C@H](C)C(=O)[C@H](C)C23CC[C@@H](C)[C@]1(C)C2[C@H](OC)CC3. The third kappa shape index (κ3) is 6.65. The Bertz CT molecular complexity index is 1340. The summed E-state index contributed by atoms with van der Waals surface area (Å²) in [5.74, 6) is 2.84. The quantitative estimate of drug-likeness (QED) is 0.161. The fourth-order valence-corrected chi connectivity index (χ4v) is 14.3. The van der Waals surface area contributed by atoms with E-state index < -0.39 is 5.41 Å². The smallest absolute Gasteiger partial charge is 0.146 e. The third-order valence-electron chi connectivity index (χ3n) is 18.2. The van der Waals surface area contributed by atoms with Gasteiger partial charge in [-0.1, -0.05) is 68.4 Å². The first-order valence-corrected chi connectivity index (χ1v) is 21.4. The molecule has 6 aliphatic rings. The summed E-state index contributed by atoms with van der Waals surface area (Å²) in [5, 5.41) is 0. The number of ketones is 2. The van der Waals surface area contributed by atoms with Crippen molar-refractivity contribution in [2.45, 2.75) is 151 Å². The standard InChI is InChI=1S/C25H42O4.C21H36O4/c1-9-16(2)23(5)14-20(29-15-27-7)24(6)17(3)10-12-25(18(4)22(23)26)13-11-19(28-8)21(24)25;1-13-11-17(25-12-23-5)20(4)14(2)7-9-21(15(3)18(13)22)10-8-16(24-6)19(20)21/h9,16-21H,1,10-15H2,2-8H3;13-17,19H,7-12H2,1-6H3/t16?,17-,18+,19-,20-,21?,23+,24+,25?;13-,14+,15-,16+,17+,19?,20-,21?/m10/s1. The number of Topliss-reactive ketones (excluding diaryl/α,β-unsaturated/α-hetero) is 2. The van der Waals surface area contributed by atoms with Gasteiger partial charge in [0.05, 0.1) is 24.4 Å². The molecule has 0 aromatic heterocycles. The summed E-state index contributed by atoms with van der Waals surface area (Å²) < 4.78 is 35.3. The van der Waals surface area contributed by atoms with Gasteiger partial charge in [-0.3, -0.25) is 9.59 Å². The van der Waals surface area contributed by atoms with E-state index in [0.717, 1.165) is 51.4 Å². The molecule has 8 heteroatoms. The van der Waals surface area contributed by atoms with Crippen LogP contribution in [0.1, 0.15) is 127 Å². The molecular formula is C46H78O8. The molecule has 54 heavy (non-hydrogen) atoms. The highest BCUT2D eigenvalue weighted by molar-refractivity contribution is 5.88. The average molecular weight is 759 g/mol. The summed E-state index contributed by atoms with van der Waals surface area (Å²) in [4.78, 5) is 27.3.